The van der Waals surface area contributed by atoms with Crippen molar-refractivity contribution in [2.75, 3.05) is 17.2 Å². The average molecular weight is 368 g/mol. The number of anilines is 3. The molecular weight excluding hydrogens is 352 g/mol. The SMILES string of the molecule is CCOC(=O)c1ccc(NC(=O)c2csc(Nc3cccnc3)n2)cc1. The largest absolute Gasteiger partial charge is 0.462 e. The normalized spacial score (nSPS) is 10.2. The number of esters is 1. The highest BCUT2D eigenvalue weighted by Gasteiger charge is 2.12. The third-order valence-corrected chi connectivity index (χ3v) is 4.06. The van der Waals surface area contributed by atoms with Gasteiger partial charge in [0.05, 0.1) is 24.1 Å². The maximum absolute atomic E-state index is 12.3. The molecule has 3 rings (SSSR count). The third-order valence-electron chi connectivity index (χ3n) is 3.30. The van der Waals surface area contributed by atoms with Gasteiger partial charge < -0.3 is 15.4 Å². The predicted octanol–water partition coefficient (Wildman–Crippen LogP) is 3.71. The van der Waals surface area contributed by atoms with Crippen molar-refractivity contribution in [2.45, 2.75) is 6.92 Å². The molecule has 2 heterocycles. The molecule has 0 bridgehead atoms. The van der Waals surface area contributed by atoms with Gasteiger partial charge >= 0.3 is 5.97 Å². The predicted molar refractivity (Wildman–Crippen MR) is 100.0 cm³/mol. The summed E-state index contributed by atoms with van der Waals surface area (Å²) in [5.74, 6) is -0.722. The number of amides is 1. The van der Waals surface area contributed by atoms with Crippen LogP contribution in [0.5, 0.6) is 0 Å². The maximum atomic E-state index is 12.3. The van der Waals surface area contributed by atoms with E-state index in [0.717, 1.165) is 5.69 Å². The van der Waals surface area contributed by atoms with Crippen LogP contribution in [0.1, 0.15) is 27.8 Å². The van der Waals surface area contributed by atoms with E-state index in [1.54, 1.807) is 49.0 Å². The Bertz CT molecular complexity index is 894. The minimum Gasteiger partial charge on any atom is -0.462 e. The van der Waals surface area contributed by atoms with E-state index in [9.17, 15) is 9.59 Å². The first kappa shape index (κ1) is 17.6. The molecule has 1 aromatic carbocycles. The van der Waals surface area contributed by atoms with Gasteiger partial charge in [0.2, 0.25) is 0 Å². The zero-order valence-corrected chi connectivity index (χ0v) is 14.7. The van der Waals surface area contributed by atoms with E-state index in [2.05, 4.69) is 20.6 Å². The fraction of sp³-hybridized carbons (Fsp3) is 0.111. The number of nitrogens with zero attached hydrogens (tertiary/aromatic N) is 2. The number of thiazole rings is 1. The third kappa shape index (κ3) is 4.42. The summed E-state index contributed by atoms with van der Waals surface area (Å²) in [6.07, 6.45) is 3.35. The van der Waals surface area contributed by atoms with E-state index < -0.39 is 5.97 Å². The van der Waals surface area contributed by atoms with Gasteiger partial charge in [0.15, 0.2) is 5.13 Å². The van der Waals surface area contributed by atoms with Gasteiger partial charge in [-0.05, 0) is 43.3 Å². The first-order valence-corrected chi connectivity index (χ1v) is 8.75. The quantitative estimate of drug-likeness (QED) is 0.644. The van der Waals surface area contributed by atoms with E-state index in [0.29, 0.717) is 28.7 Å². The van der Waals surface area contributed by atoms with Crippen molar-refractivity contribution in [2.24, 2.45) is 0 Å². The van der Waals surface area contributed by atoms with Crippen molar-refractivity contribution in [3.8, 4) is 0 Å². The van der Waals surface area contributed by atoms with Gasteiger partial charge in [0, 0.05) is 17.3 Å². The number of carbonyl (C=O) groups is 2. The number of nitrogens with one attached hydrogen (secondary N) is 2. The summed E-state index contributed by atoms with van der Waals surface area (Å²) in [6.45, 7) is 2.06. The van der Waals surface area contributed by atoms with Gasteiger partial charge in [-0.25, -0.2) is 9.78 Å². The Kier molecular flexibility index (Phi) is 5.55. The van der Waals surface area contributed by atoms with Gasteiger partial charge in [-0.15, -0.1) is 11.3 Å². The molecule has 1 amide bonds. The molecule has 7 nitrogen and oxygen atoms in total. The fourth-order valence-electron chi connectivity index (χ4n) is 2.09. The standard InChI is InChI=1S/C18H16N4O3S/c1-2-25-17(24)12-5-7-13(8-6-12)20-16(23)15-11-26-18(22-15)21-14-4-3-9-19-10-14/h3-11H,2H2,1H3,(H,20,23)(H,21,22). The molecule has 0 aliphatic carbocycles. The molecule has 132 valence electrons. The summed E-state index contributed by atoms with van der Waals surface area (Å²) in [5.41, 5.74) is 2.10. The van der Waals surface area contributed by atoms with Crippen molar-refractivity contribution in [3.05, 3.63) is 65.4 Å². The summed E-state index contributed by atoms with van der Waals surface area (Å²) < 4.78 is 4.92. The van der Waals surface area contributed by atoms with Gasteiger partial charge in [-0.1, -0.05) is 0 Å². The molecular formula is C18H16N4O3S. The van der Waals surface area contributed by atoms with Crippen LogP contribution in [0.15, 0.2) is 54.2 Å². The highest BCUT2D eigenvalue weighted by Crippen LogP contribution is 2.21. The van der Waals surface area contributed by atoms with E-state index >= 15 is 0 Å². The number of rotatable bonds is 6. The Morgan fingerprint density at radius 2 is 1.96 bits per heavy atom. The van der Waals surface area contributed by atoms with Crippen LogP contribution < -0.4 is 10.6 Å². The fourth-order valence-corrected chi connectivity index (χ4v) is 2.81. The van der Waals surface area contributed by atoms with Gasteiger partial charge in [-0.2, -0.15) is 0 Å². The van der Waals surface area contributed by atoms with Crippen LogP contribution in [0.3, 0.4) is 0 Å². The van der Waals surface area contributed by atoms with Crippen LogP contribution in [0.25, 0.3) is 0 Å². The van der Waals surface area contributed by atoms with E-state index in [4.69, 9.17) is 4.74 Å². The molecule has 8 heteroatoms. The zero-order chi connectivity index (χ0) is 18.4. The minimum atomic E-state index is -0.393. The first-order chi connectivity index (χ1) is 12.7. The highest BCUT2D eigenvalue weighted by atomic mass is 32.1. The first-order valence-electron chi connectivity index (χ1n) is 7.87. The molecule has 0 fully saturated rings. The second kappa shape index (κ2) is 8.21. The molecule has 0 atom stereocenters. The van der Waals surface area contributed by atoms with Crippen LogP contribution in [0.2, 0.25) is 0 Å². The Hall–Kier alpha value is -3.26. The number of ether oxygens (including phenoxy) is 1. The number of pyridine rings is 1. The second-order valence-electron chi connectivity index (χ2n) is 5.16. The summed E-state index contributed by atoms with van der Waals surface area (Å²) in [4.78, 5) is 32.2. The van der Waals surface area contributed by atoms with Gasteiger partial charge in [0.25, 0.3) is 5.91 Å². The summed E-state index contributed by atoms with van der Waals surface area (Å²) in [7, 11) is 0. The summed E-state index contributed by atoms with van der Waals surface area (Å²) in [6, 6.07) is 10.2. The Labute approximate surface area is 154 Å². The number of hydrogen-bond acceptors (Lipinski definition) is 7. The Balaban J connectivity index is 1.62. The molecule has 2 aromatic heterocycles. The Morgan fingerprint density at radius 3 is 2.65 bits per heavy atom. The van der Waals surface area contributed by atoms with E-state index in [-0.39, 0.29) is 5.91 Å². The van der Waals surface area contributed by atoms with Gasteiger partial charge in [-0.3, -0.25) is 9.78 Å². The molecule has 0 aliphatic rings. The molecule has 3 aromatic rings. The number of benzene rings is 1. The summed E-state index contributed by atoms with van der Waals surface area (Å²) >= 11 is 1.32. The van der Waals surface area contributed by atoms with E-state index in [1.165, 1.54) is 11.3 Å². The number of hydrogen-bond donors (Lipinski definition) is 2. The van der Waals surface area contributed by atoms with Gasteiger partial charge in [0.1, 0.15) is 5.69 Å². The second-order valence-corrected chi connectivity index (χ2v) is 6.01. The van der Waals surface area contributed by atoms with Crippen molar-refractivity contribution < 1.29 is 14.3 Å². The highest BCUT2D eigenvalue weighted by molar-refractivity contribution is 7.14. The maximum Gasteiger partial charge on any atom is 0.338 e. The lowest BCUT2D eigenvalue weighted by Gasteiger charge is -2.05. The van der Waals surface area contributed by atoms with Crippen LogP contribution in [0.4, 0.5) is 16.5 Å². The van der Waals surface area contributed by atoms with Crippen LogP contribution in [-0.4, -0.2) is 28.5 Å². The van der Waals surface area contributed by atoms with Crippen LogP contribution >= 0.6 is 11.3 Å². The summed E-state index contributed by atoms with van der Waals surface area (Å²) in [5, 5.41) is 8.10. The smallest absolute Gasteiger partial charge is 0.338 e. The topological polar surface area (TPSA) is 93.2 Å². The lowest BCUT2D eigenvalue weighted by Crippen LogP contribution is -2.12. The molecule has 0 spiro atoms. The molecule has 2 N–H and O–H groups in total. The van der Waals surface area contributed by atoms with Crippen molar-refractivity contribution >= 4 is 39.7 Å². The zero-order valence-electron chi connectivity index (χ0n) is 13.9. The lowest BCUT2D eigenvalue weighted by molar-refractivity contribution is 0.0526. The molecule has 0 saturated heterocycles. The Morgan fingerprint density at radius 1 is 1.15 bits per heavy atom. The minimum absolute atomic E-state index is 0.302. The molecule has 0 saturated carbocycles. The van der Waals surface area contributed by atoms with Crippen LogP contribution in [-0.2, 0) is 4.74 Å². The van der Waals surface area contributed by atoms with Crippen molar-refractivity contribution in [1.29, 1.82) is 0 Å². The number of aromatic nitrogens is 2. The van der Waals surface area contributed by atoms with Crippen LogP contribution in [0, 0.1) is 0 Å². The molecule has 0 radical (unpaired) electrons. The van der Waals surface area contributed by atoms with Crippen molar-refractivity contribution in [1.82, 2.24) is 9.97 Å². The molecule has 0 unspecified atom stereocenters. The number of carbonyl (C=O) groups excluding carboxylic acids is 2. The molecule has 0 aliphatic heterocycles. The lowest BCUT2D eigenvalue weighted by atomic mass is 10.2. The van der Waals surface area contributed by atoms with Crippen molar-refractivity contribution in [3.63, 3.8) is 0 Å². The van der Waals surface area contributed by atoms with E-state index in [1.807, 2.05) is 12.1 Å². The average Bonchev–Trinajstić information content (AvgIpc) is 3.12. The molecule has 26 heavy (non-hydrogen) atoms. The monoisotopic (exact) mass is 368 g/mol.